The summed E-state index contributed by atoms with van der Waals surface area (Å²) in [7, 11) is 0. The van der Waals surface area contributed by atoms with Gasteiger partial charge >= 0.3 is 0 Å². The molecule has 0 aliphatic carbocycles. The van der Waals surface area contributed by atoms with Crippen molar-refractivity contribution >= 4 is 33.5 Å². The van der Waals surface area contributed by atoms with Crippen LogP contribution in [-0.4, -0.2) is 16.3 Å². The quantitative estimate of drug-likeness (QED) is 0.861. The molecule has 1 aliphatic heterocycles. The molecule has 0 spiro atoms. The fourth-order valence-electron chi connectivity index (χ4n) is 1.65. The summed E-state index contributed by atoms with van der Waals surface area (Å²) < 4.78 is 14.4. The third kappa shape index (κ3) is 2.65. The summed E-state index contributed by atoms with van der Waals surface area (Å²) in [4.78, 5) is 4.42. The third-order valence-electron chi connectivity index (χ3n) is 2.83. The topological polar surface area (TPSA) is 38.4 Å². The second-order valence-corrected chi connectivity index (χ2v) is 7.08. The summed E-state index contributed by atoms with van der Waals surface area (Å²) >= 11 is 5.06. The Kier molecular flexibility index (Phi) is 3.50. The molecule has 0 radical (unpaired) electrons. The number of aliphatic imine (C=N–C) groups is 1. The van der Waals surface area contributed by atoms with Gasteiger partial charge in [-0.05, 0) is 32.0 Å². The normalized spacial score (nSPS) is 23.3. The first-order chi connectivity index (χ1) is 7.90. The Morgan fingerprint density at radius 2 is 2.24 bits per heavy atom. The van der Waals surface area contributed by atoms with Crippen LogP contribution in [0.15, 0.2) is 27.7 Å². The number of nitrogens with zero attached hydrogens (tertiary/aromatic N) is 1. The zero-order valence-electron chi connectivity index (χ0n) is 9.71. The Hall–Kier alpha value is -0.550. The highest BCUT2D eigenvalue weighted by Crippen LogP contribution is 2.37. The van der Waals surface area contributed by atoms with E-state index in [2.05, 4.69) is 20.9 Å². The van der Waals surface area contributed by atoms with Gasteiger partial charge in [0.05, 0.1) is 10.8 Å². The average Bonchev–Trinajstić information content (AvgIpc) is 2.26. The molecule has 17 heavy (non-hydrogen) atoms. The van der Waals surface area contributed by atoms with Crippen molar-refractivity contribution in [2.75, 3.05) is 5.75 Å². The molecule has 2 nitrogen and oxygen atoms in total. The lowest BCUT2D eigenvalue weighted by molar-refractivity contribution is 0.592. The largest absolute Gasteiger partial charge is 0.386 e. The lowest BCUT2D eigenvalue weighted by Gasteiger charge is -2.31. The number of benzene rings is 1. The highest BCUT2D eigenvalue weighted by molar-refractivity contribution is 9.10. The molecule has 1 aromatic carbocycles. The molecule has 1 unspecified atom stereocenters. The lowest BCUT2D eigenvalue weighted by atomic mass is 10.1. The minimum Gasteiger partial charge on any atom is -0.386 e. The fourth-order valence-corrected chi connectivity index (χ4v) is 3.06. The summed E-state index contributed by atoms with van der Waals surface area (Å²) in [6, 6.07) is 4.72. The van der Waals surface area contributed by atoms with Crippen molar-refractivity contribution in [2.45, 2.75) is 24.6 Å². The van der Waals surface area contributed by atoms with Crippen molar-refractivity contribution in [1.82, 2.24) is 0 Å². The number of rotatable bonds is 1. The molecule has 0 fully saturated rings. The van der Waals surface area contributed by atoms with E-state index in [1.165, 1.54) is 6.07 Å². The van der Waals surface area contributed by atoms with E-state index in [-0.39, 0.29) is 16.6 Å². The molecule has 0 saturated carbocycles. The van der Waals surface area contributed by atoms with Crippen LogP contribution in [-0.2, 0) is 0 Å². The van der Waals surface area contributed by atoms with Gasteiger partial charge in [-0.2, -0.15) is 0 Å². The summed E-state index contributed by atoms with van der Waals surface area (Å²) in [5.74, 6) is 1.11. The molecule has 92 valence electrons. The van der Waals surface area contributed by atoms with Crippen molar-refractivity contribution in [2.24, 2.45) is 10.7 Å². The van der Waals surface area contributed by atoms with E-state index in [1.54, 1.807) is 23.9 Å². The van der Waals surface area contributed by atoms with Crippen LogP contribution in [0.5, 0.6) is 0 Å². The van der Waals surface area contributed by atoms with Gasteiger partial charge in [-0.25, -0.2) is 4.39 Å². The van der Waals surface area contributed by atoms with Crippen LogP contribution in [0.3, 0.4) is 0 Å². The molecule has 1 heterocycles. The van der Waals surface area contributed by atoms with E-state index in [0.29, 0.717) is 11.4 Å². The smallest absolute Gasteiger partial charge is 0.128 e. The van der Waals surface area contributed by atoms with Crippen LogP contribution in [0, 0.1) is 5.82 Å². The van der Waals surface area contributed by atoms with Crippen LogP contribution in [0.1, 0.15) is 25.5 Å². The molecule has 2 N–H and O–H groups in total. The maximum atomic E-state index is 13.7. The van der Waals surface area contributed by atoms with E-state index in [0.717, 1.165) is 10.2 Å². The maximum absolute atomic E-state index is 13.7. The van der Waals surface area contributed by atoms with Gasteiger partial charge in [0, 0.05) is 15.8 Å². The summed E-state index contributed by atoms with van der Waals surface area (Å²) in [6.07, 6.45) is 0. The lowest BCUT2D eigenvalue weighted by Crippen LogP contribution is -2.39. The Morgan fingerprint density at radius 3 is 2.88 bits per heavy atom. The zero-order chi connectivity index (χ0) is 12.6. The summed E-state index contributed by atoms with van der Waals surface area (Å²) in [5.41, 5.74) is 6.53. The minimum atomic E-state index is -0.227. The van der Waals surface area contributed by atoms with Crippen LogP contribution in [0.2, 0.25) is 0 Å². The van der Waals surface area contributed by atoms with Gasteiger partial charge in [-0.3, -0.25) is 4.99 Å². The predicted molar refractivity (Wildman–Crippen MR) is 75.0 cm³/mol. The summed E-state index contributed by atoms with van der Waals surface area (Å²) in [5, 5.41) is 0. The number of amidine groups is 1. The minimum absolute atomic E-state index is 0.154. The first kappa shape index (κ1) is 12.9. The van der Waals surface area contributed by atoms with Gasteiger partial charge in [0.25, 0.3) is 0 Å². The fraction of sp³-hybridized carbons (Fsp3) is 0.417. The molecule has 2 rings (SSSR count). The number of hydrogen-bond acceptors (Lipinski definition) is 3. The summed E-state index contributed by atoms with van der Waals surface area (Å²) in [6.45, 7) is 4.06. The van der Waals surface area contributed by atoms with Crippen LogP contribution < -0.4 is 5.73 Å². The van der Waals surface area contributed by atoms with E-state index < -0.39 is 0 Å². The first-order valence-corrected chi connectivity index (χ1v) is 7.10. The van der Waals surface area contributed by atoms with Crippen LogP contribution in [0.4, 0.5) is 4.39 Å². The number of halogens is 2. The van der Waals surface area contributed by atoms with Crippen LogP contribution in [0.25, 0.3) is 0 Å². The van der Waals surface area contributed by atoms with E-state index in [1.807, 2.05) is 13.8 Å². The highest BCUT2D eigenvalue weighted by Gasteiger charge is 2.31. The number of nitrogens with two attached hydrogens (primary N) is 1. The second-order valence-electron chi connectivity index (χ2n) is 4.52. The Bertz CT molecular complexity index is 474. The average molecular weight is 317 g/mol. The highest BCUT2D eigenvalue weighted by atomic mass is 79.9. The zero-order valence-corrected chi connectivity index (χ0v) is 12.1. The van der Waals surface area contributed by atoms with Gasteiger partial charge in [0.15, 0.2) is 0 Å². The standard InChI is InChI=1S/C12H14BrFN2S/c1-12(2)11(15)16-10(6-17-12)8-5-7(13)3-4-9(8)14/h3-5,10H,6H2,1-2H3,(H2,15,16). The number of hydrogen-bond donors (Lipinski definition) is 1. The monoisotopic (exact) mass is 316 g/mol. The molecule has 5 heteroatoms. The van der Waals surface area contributed by atoms with Gasteiger partial charge < -0.3 is 5.73 Å². The molecule has 1 atom stereocenters. The SMILES string of the molecule is CC1(C)SCC(c2cc(Br)ccc2F)N=C1N. The predicted octanol–water partition coefficient (Wildman–Crippen LogP) is 3.51. The van der Waals surface area contributed by atoms with Crippen molar-refractivity contribution in [3.63, 3.8) is 0 Å². The second kappa shape index (κ2) is 4.61. The van der Waals surface area contributed by atoms with E-state index in [4.69, 9.17) is 5.73 Å². The first-order valence-electron chi connectivity index (χ1n) is 5.33. The van der Waals surface area contributed by atoms with Gasteiger partial charge in [0.1, 0.15) is 11.7 Å². The Labute approximate surface area is 113 Å². The van der Waals surface area contributed by atoms with Crippen molar-refractivity contribution in [1.29, 1.82) is 0 Å². The molecule has 0 bridgehead atoms. The molecule has 0 saturated heterocycles. The van der Waals surface area contributed by atoms with Gasteiger partial charge in [-0.1, -0.05) is 15.9 Å². The molecule has 1 aromatic rings. The maximum Gasteiger partial charge on any atom is 0.128 e. The van der Waals surface area contributed by atoms with Crippen molar-refractivity contribution in [3.05, 3.63) is 34.1 Å². The molecule has 1 aliphatic rings. The molecule has 0 amide bonds. The van der Waals surface area contributed by atoms with Gasteiger partial charge in [0.2, 0.25) is 0 Å². The van der Waals surface area contributed by atoms with Gasteiger partial charge in [-0.15, -0.1) is 11.8 Å². The van der Waals surface area contributed by atoms with E-state index >= 15 is 0 Å². The Morgan fingerprint density at radius 1 is 1.53 bits per heavy atom. The molecular formula is C12H14BrFN2S. The van der Waals surface area contributed by atoms with Crippen LogP contribution >= 0.6 is 27.7 Å². The number of thioether (sulfide) groups is 1. The van der Waals surface area contributed by atoms with Crippen molar-refractivity contribution in [3.8, 4) is 0 Å². The third-order valence-corrected chi connectivity index (χ3v) is 4.74. The van der Waals surface area contributed by atoms with E-state index in [9.17, 15) is 4.39 Å². The molecule has 0 aromatic heterocycles. The Balaban J connectivity index is 2.37. The molecular weight excluding hydrogens is 303 g/mol. The van der Waals surface area contributed by atoms with Crippen molar-refractivity contribution < 1.29 is 4.39 Å².